The van der Waals surface area contributed by atoms with Gasteiger partial charge < -0.3 is 4.98 Å². The summed E-state index contributed by atoms with van der Waals surface area (Å²) in [6, 6.07) is 6.76. The van der Waals surface area contributed by atoms with Crippen molar-refractivity contribution < 1.29 is 0 Å². The first-order chi connectivity index (χ1) is 6.74. The highest BCUT2D eigenvalue weighted by atomic mass is 32.1. The van der Waals surface area contributed by atoms with Gasteiger partial charge in [-0.15, -0.1) is 11.3 Å². The number of thiophene rings is 1. The zero-order valence-electron chi connectivity index (χ0n) is 8.22. The van der Waals surface area contributed by atoms with Gasteiger partial charge in [0.25, 0.3) is 0 Å². The Morgan fingerprint density at radius 1 is 1.14 bits per heavy atom. The fraction of sp³-hybridized carbons (Fsp3) is 0.167. The van der Waals surface area contributed by atoms with E-state index in [1.807, 2.05) is 11.3 Å². The molecule has 1 aliphatic carbocycles. The van der Waals surface area contributed by atoms with Crippen LogP contribution in [0.1, 0.15) is 10.4 Å². The maximum atomic E-state index is 3.32. The monoisotopic (exact) mass is 201 g/mol. The number of H-pyrrole nitrogens is 1. The Balaban J connectivity index is 2.49. The molecule has 0 atom stereocenters. The third kappa shape index (κ3) is 1.01. The van der Waals surface area contributed by atoms with Gasteiger partial charge >= 0.3 is 0 Å². The number of nitrogens with one attached hydrogen (secondary N) is 1. The Bertz CT molecular complexity index is 573. The van der Waals surface area contributed by atoms with Gasteiger partial charge in [-0.2, -0.15) is 0 Å². The van der Waals surface area contributed by atoms with Gasteiger partial charge in [-0.3, -0.25) is 0 Å². The molecular weight excluding hydrogens is 190 g/mol. The van der Waals surface area contributed by atoms with E-state index in [-0.39, 0.29) is 0 Å². The van der Waals surface area contributed by atoms with E-state index in [4.69, 9.17) is 0 Å². The Hall–Kier alpha value is -1.28. The van der Waals surface area contributed by atoms with Gasteiger partial charge in [-0.1, -0.05) is 0 Å². The van der Waals surface area contributed by atoms with Crippen molar-refractivity contribution in [1.29, 1.82) is 0 Å². The summed E-state index contributed by atoms with van der Waals surface area (Å²) in [6.07, 6.45) is 2.05. The van der Waals surface area contributed by atoms with Crippen LogP contribution >= 0.6 is 11.3 Å². The molecule has 0 fully saturated rings. The molecule has 1 aromatic heterocycles. The van der Waals surface area contributed by atoms with Gasteiger partial charge in [0.05, 0.1) is 0 Å². The number of rotatable bonds is 0. The molecule has 0 radical (unpaired) electrons. The summed E-state index contributed by atoms with van der Waals surface area (Å²) < 4.78 is 1.39. The van der Waals surface area contributed by atoms with Crippen LogP contribution in [0, 0.1) is 13.8 Å². The molecule has 0 saturated heterocycles. The van der Waals surface area contributed by atoms with Gasteiger partial charge in [0.2, 0.25) is 0 Å². The van der Waals surface area contributed by atoms with Crippen LogP contribution in [0.25, 0.3) is 21.3 Å². The van der Waals surface area contributed by atoms with Crippen molar-refractivity contribution in [3.8, 4) is 11.3 Å². The first-order valence-corrected chi connectivity index (χ1v) is 5.53. The maximum Gasteiger partial charge on any atom is 0.0474 e. The lowest BCUT2D eigenvalue weighted by molar-refractivity contribution is 1.28. The van der Waals surface area contributed by atoms with E-state index in [0.29, 0.717) is 0 Å². The molecule has 14 heavy (non-hydrogen) atoms. The summed E-state index contributed by atoms with van der Waals surface area (Å²) in [4.78, 5) is 4.71. The topological polar surface area (TPSA) is 15.8 Å². The molecule has 0 aromatic carbocycles. The van der Waals surface area contributed by atoms with Crippen molar-refractivity contribution in [2.45, 2.75) is 13.8 Å². The number of hydrogen-bond acceptors (Lipinski definition) is 1. The molecule has 0 spiro atoms. The molecule has 2 heterocycles. The van der Waals surface area contributed by atoms with E-state index in [2.05, 4.69) is 43.2 Å². The molecule has 1 aromatic rings. The number of aryl methyl sites for hydroxylation is 2. The van der Waals surface area contributed by atoms with Crippen LogP contribution in [0.3, 0.4) is 0 Å². The summed E-state index contributed by atoms with van der Waals surface area (Å²) in [5.74, 6) is 0. The normalized spacial score (nSPS) is 11.6. The number of pyridine rings is 1. The van der Waals surface area contributed by atoms with Gasteiger partial charge in [-0.05, 0) is 37.6 Å². The fourth-order valence-electron chi connectivity index (χ4n) is 1.94. The second-order valence-corrected chi connectivity index (χ2v) is 5.07. The first kappa shape index (κ1) is 8.06. The Morgan fingerprint density at radius 3 is 2.86 bits per heavy atom. The van der Waals surface area contributed by atoms with Crippen LogP contribution in [-0.4, -0.2) is 4.98 Å². The minimum absolute atomic E-state index is 1.25. The smallest absolute Gasteiger partial charge is 0.0474 e. The first-order valence-electron chi connectivity index (χ1n) is 4.72. The second kappa shape index (κ2) is 2.61. The zero-order valence-corrected chi connectivity index (χ0v) is 9.03. The van der Waals surface area contributed by atoms with Crippen molar-refractivity contribution in [1.82, 2.24) is 4.98 Å². The van der Waals surface area contributed by atoms with E-state index in [1.54, 1.807) is 0 Å². The van der Waals surface area contributed by atoms with Crippen LogP contribution < -0.4 is 0 Å². The molecule has 2 heteroatoms. The lowest BCUT2D eigenvalue weighted by atomic mass is 10.1. The summed E-state index contributed by atoms with van der Waals surface area (Å²) >= 11 is 1.86. The van der Waals surface area contributed by atoms with Crippen molar-refractivity contribution in [2.75, 3.05) is 0 Å². The van der Waals surface area contributed by atoms with Crippen molar-refractivity contribution in [2.24, 2.45) is 0 Å². The molecular formula is C12H11NS. The number of aromatic nitrogens is 1. The third-order valence-corrected chi connectivity index (χ3v) is 3.56. The van der Waals surface area contributed by atoms with Crippen LogP contribution in [0.2, 0.25) is 0 Å². The second-order valence-electron chi connectivity index (χ2n) is 3.78. The van der Waals surface area contributed by atoms with Crippen molar-refractivity contribution >= 4 is 21.4 Å². The Morgan fingerprint density at radius 2 is 2.00 bits per heavy atom. The summed E-state index contributed by atoms with van der Waals surface area (Å²) in [5.41, 5.74) is 3.88. The number of fused-ring (bicyclic) bond motifs is 3. The van der Waals surface area contributed by atoms with Gasteiger partial charge in [0, 0.05) is 32.4 Å². The van der Waals surface area contributed by atoms with Crippen LogP contribution in [0.5, 0.6) is 0 Å². The standard InChI is InChI=1S/C12H11NS/c1-7-3-9-10-4-8(2)14-12(10)5-11(9)13-6-7/h3-6,13H,1-2H3. The van der Waals surface area contributed by atoms with Crippen LogP contribution in [0.15, 0.2) is 24.4 Å². The van der Waals surface area contributed by atoms with E-state index in [0.717, 1.165) is 0 Å². The minimum atomic E-state index is 1.25. The lowest BCUT2D eigenvalue weighted by Crippen LogP contribution is -1.81. The zero-order chi connectivity index (χ0) is 9.71. The number of hydrogen-bond donors (Lipinski definition) is 1. The Labute approximate surface area is 86.7 Å². The van der Waals surface area contributed by atoms with Gasteiger partial charge in [0.15, 0.2) is 0 Å². The highest BCUT2D eigenvalue weighted by Gasteiger charge is 2.11. The maximum absolute atomic E-state index is 3.32. The molecule has 1 aliphatic heterocycles. The van der Waals surface area contributed by atoms with Crippen LogP contribution in [-0.2, 0) is 0 Å². The van der Waals surface area contributed by atoms with Crippen molar-refractivity contribution in [3.63, 3.8) is 0 Å². The third-order valence-electron chi connectivity index (χ3n) is 2.57. The average Bonchev–Trinajstić information content (AvgIpc) is 2.62. The average molecular weight is 201 g/mol. The molecule has 0 bridgehead atoms. The predicted molar refractivity (Wildman–Crippen MR) is 62.3 cm³/mol. The molecule has 70 valence electrons. The van der Waals surface area contributed by atoms with Crippen LogP contribution in [0.4, 0.5) is 0 Å². The summed E-state index contributed by atoms with van der Waals surface area (Å²) in [7, 11) is 0. The van der Waals surface area contributed by atoms with Gasteiger partial charge in [-0.25, -0.2) is 0 Å². The van der Waals surface area contributed by atoms with Gasteiger partial charge in [0.1, 0.15) is 0 Å². The quantitative estimate of drug-likeness (QED) is 0.567. The minimum Gasteiger partial charge on any atom is -0.361 e. The van der Waals surface area contributed by atoms with E-state index >= 15 is 0 Å². The molecule has 0 saturated carbocycles. The van der Waals surface area contributed by atoms with E-state index in [9.17, 15) is 0 Å². The summed E-state index contributed by atoms with van der Waals surface area (Å²) in [6.45, 7) is 4.28. The highest BCUT2D eigenvalue weighted by molar-refractivity contribution is 7.19. The molecule has 3 rings (SSSR count). The molecule has 1 nitrogen and oxygen atoms in total. The van der Waals surface area contributed by atoms with E-state index in [1.165, 1.54) is 31.8 Å². The summed E-state index contributed by atoms with van der Waals surface area (Å²) in [5, 5.41) is 1.39. The Kier molecular flexibility index (Phi) is 1.50. The molecule has 0 amide bonds. The van der Waals surface area contributed by atoms with Crippen molar-refractivity contribution in [3.05, 3.63) is 34.8 Å². The SMILES string of the molecule is Cc1c[nH]c2cc3sc(C)cc3c-2c1. The largest absolute Gasteiger partial charge is 0.361 e. The fourth-order valence-corrected chi connectivity index (χ4v) is 2.92. The molecule has 1 N–H and O–H groups in total. The predicted octanol–water partition coefficient (Wildman–Crippen LogP) is 3.95. The number of aromatic amines is 1. The molecule has 0 unspecified atom stereocenters. The molecule has 2 aliphatic rings. The van der Waals surface area contributed by atoms with E-state index < -0.39 is 0 Å². The lowest BCUT2D eigenvalue weighted by Gasteiger charge is -2.00. The highest BCUT2D eigenvalue weighted by Crippen LogP contribution is 2.37.